The molecule has 0 aliphatic carbocycles. The molecule has 3 N–H and O–H groups in total. The first-order chi connectivity index (χ1) is 7.13. The predicted molar refractivity (Wildman–Crippen MR) is 60.9 cm³/mol. The molecule has 0 saturated carbocycles. The fourth-order valence-electron chi connectivity index (χ4n) is 1.25. The fourth-order valence-corrected chi connectivity index (χ4v) is 1.44. The highest BCUT2D eigenvalue weighted by Gasteiger charge is 2.05. The number of carboxylic acid groups (broad SMARTS) is 1. The first kappa shape index (κ1) is 11.8. The minimum atomic E-state index is -0.875. The van der Waals surface area contributed by atoms with Crippen LogP contribution < -0.4 is 5.73 Å². The number of hydrogen-bond donors (Lipinski definition) is 2. The number of rotatable bonds is 4. The molecule has 0 amide bonds. The van der Waals surface area contributed by atoms with Gasteiger partial charge in [0.25, 0.3) is 0 Å². The van der Waals surface area contributed by atoms with Gasteiger partial charge in [0.2, 0.25) is 0 Å². The van der Waals surface area contributed by atoms with Crippen molar-refractivity contribution in [3.8, 4) is 0 Å². The summed E-state index contributed by atoms with van der Waals surface area (Å²) in [5, 5.41) is 9.25. The summed E-state index contributed by atoms with van der Waals surface area (Å²) in [6.45, 7) is 0.426. The molecular formula is C11H12ClNO2. The van der Waals surface area contributed by atoms with E-state index < -0.39 is 5.97 Å². The lowest BCUT2D eigenvalue weighted by Crippen LogP contribution is -2.02. The van der Waals surface area contributed by atoms with Crippen LogP contribution in [0.3, 0.4) is 0 Å². The van der Waals surface area contributed by atoms with E-state index in [0.717, 1.165) is 5.56 Å². The molecule has 15 heavy (non-hydrogen) atoms. The van der Waals surface area contributed by atoms with Crippen molar-refractivity contribution in [3.05, 3.63) is 40.4 Å². The highest BCUT2D eigenvalue weighted by Crippen LogP contribution is 2.18. The van der Waals surface area contributed by atoms with E-state index in [1.54, 1.807) is 30.4 Å². The number of nitrogens with two attached hydrogens (primary N) is 1. The quantitative estimate of drug-likeness (QED) is 0.823. The van der Waals surface area contributed by atoms with Crippen molar-refractivity contribution >= 4 is 23.6 Å². The highest BCUT2D eigenvalue weighted by molar-refractivity contribution is 6.30. The van der Waals surface area contributed by atoms with Gasteiger partial charge in [0, 0.05) is 11.6 Å². The van der Waals surface area contributed by atoms with Crippen LogP contribution in [-0.4, -0.2) is 17.6 Å². The van der Waals surface area contributed by atoms with Gasteiger partial charge >= 0.3 is 5.97 Å². The molecule has 0 spiro atoms. The normalized spacial score (nSPS) is 10.8. The monoisotopic (exact) mass is 225 g/mol. The van der Waals surface area contributed by atoms with Crippen molar-refractivity contribution in [2.75, 3.05) is 6.54 Å². The number of hydrogen-bond acceptors (Lipinski definition) is 2. The maximum Gasteiger partial charge on any atom is 0.307 e. The van der Waals surface area contributed by atoms with Crippen LogP contribution in [0, 0.1) is 0 Å². The lowest BCUT2D eigenvalue weighted by Gasteiger charge is -2.03. The van der Waals surface area contributed by atoms with Gasteiger partial charge in [0.05, 0.1) is 6.42 Å². The zero-order valence-corrected chi connectivity index (χ0v) is 8.87. The third-order valence-corrected chi connectivity index (χ3v) is 2.12. The Morgan fingerprint density at radius 2 is 2.27 bits per heavy atom. The molecule has 1 aromatic carbocycles. The number of benzene rings is 1. The zero-order valence-electron chi connectivity index (χ0n) is 8.11. The van der Waals surface area contributed by atoms with Crippen LogP contribution in [0.25, 0.3) is 6.08 Å². The summed E-state index contributed by atoms with van der Waals surface area (Å²) < 4.78 is 0. The van der Waals surface area contributed by atoms with E-state index >= 15 is 0 Å². The Morgan fingerprint density at radius 3 is 2.87 bits per heavy atom. The second-order valence-corrected chi connectivity index (χ2v) is 3.49. The molecule has 0 fully saturated rings. The van der Waals surface area contributed by atoms with Gasteiger partial charge in [-0.25, -0.2) is 0 Å². The Kier molecular flexibility index (Phi) is 4.34. The summed E-state index contributed by atoms with van der Waals surface area (Å²) in [7, 11) is 0. The second kappa shape index (κ2) is 5.53. The van der Waals surface area contributed by atoms with E-state index in [1.165, 1.54) is 0 Å². The van der Waals surface area contributed by atoms with Crippen LogP contribution in [0.4, 0.5) is 0 Å². The Balaban J connectivity index is 3.02. The molecule has 0 heterocycles. The molecule has 0 radical (unpaired) electrons. The van der Waals surface area contributed by atoms with Gasteiger partial charge in [0.1, 0.15) is 0 Å². The van der Waals surface area contributed by atoms with E-state index in [0.29, 0.717) is 17.1 Å². The summed E-state index contributed by atoms with van der Waals surface area (Å²) in [5.74, 6) is -0.875. The van der Waals surface area contributed by atoms with Gasteiger partial charge in [-0.1, -0.05) is 29.8 Å². The summed E-state index contributed by atoms with van der Waals surface area (Å²) >= 11 is 5.79. The van der Waals surface area contributed by atoms with Crippen molar-refractivity contribution in [2.24, 2.45) is 5.73 Å². The Bertz CT molecular complexity index is 388. The molecule has 3 nitrogen and oxygen atoms in total. The average Bonchev–Trinajstić information content (AvgIpc) is 2.16. The molecular weight excluding hydrogens is 214 g/mol. The van der Waals surface area contributed by atoms with Crippen LogP contribution in [0.1, 0.15) is 11.1 Å². The van der Waals surface area contributed by atoms with Gasteiger partial charge in [-0.15, -0.1) is 0 Å². The maximum absolute atomic E-state index is 10.6. The molecule has 0 aromatic heterocycles. The minimum absolute atomic E-state index is 0.0369. The van der Waals surface area contributed by atoms with Crippen molar-refractivity contribution in [1.82, 2.24) is 0 Å². The largest absolute Gasteiger partial charge is 0.481 e. The van der Waals surface area contributed by atoms with Crippen LogP contribution >= 0.6 is 11.6 Å². The maximum atomic E-state index is 10.6. The van der Waals surface area contributed by atoms with E-state index in [4.69, 9.17) is 22.4 Å². The molecule has 1 rings (SSSR count). The third kappa shape index (κ3) is 3.73. The molecule has 4 heteroatoms. The van der Waals surface area contributed by atoms with Gasteiger partial charge in [0.15, 0.2) is 0 Å². The molecule has 0 aliphatic rings. The van der Waals surface area contributed by atoms with Gasteiger partial charge in [-0.2, -0.15) is 0 Å². The number of aliphatic carboxylic acids is 1. The van der Waals surface area contributed by atoms with Gasteiger partial charge in [-0.05, 0) is 23.3 Å². The van der Waals surface area contributed by atoms with Gasteiger partial charge in [-0.3, -0.25) is 4.79 Å². The molecule has 0 aliphatic heterocycles. The lowest BCUT2D eigenvalue weighted by atomic mass is 10.0. The molecule has 80 valence electrons. The molecule has 1 aromatic rings. The molecule has 0 unspecified atom stereocenters. The standard InChI is InChI=1S/C11H12ClNO2/c12-10-4-3-8(2-1-5-13)9(6-10)7-11(14)15/h1-4,6H,5,7,13H2,(H,14,15). The minimum Gasteiger partial charge on any atom is -0.481 e. The number of halogens is 1. The zero-order chi connectivity index (χ0) is 11.3. The van der Waals surface area contributed by atoms with Crippen molar-refractivity contribution in [3.63, 3.8) is 0 Å². The molecule has 0 bridgehead atoms. The van der Waals surface area contributed by atoms with E-state index in [9.17, 15) is 4.79 Å². The Hall–Kier alpha value is -1.32. The second-order valence-electron chi connectivity index (χ2n) is 3.05. The van der Waals surface area contributed by atoms with Crippen molar-refractivity contribution < 1.29 is 9.90 Å². The summed E-state index contributed by atoms with van der Waals surface area (Å²) in [5.41, 5.74) is 6.86. The molecule has 0 atom stereocenters. The Labute approximate surface area is 93.2 Å². The number of carbonyl (C=O) groups is 1. The van der Waals surface area contributed by atoms with Crippen LogP contribution in [0.5, 0.6) is 0 Å². The van der Waals surface area contributed by atoms with Crippen molar-refractivity contribution in [2.45, 2.75) is 6.42 Å². The summed E-state index contributed by atoms with van der Waals surface area (Å²) in [6.07, 6.45) is 3.54. The lowest BCUT2D eigenvalue weighted by molar-refractivity contribution is -0.136. The van der Waals surface area contributed by atoms with Crippen molar-refractivity contribution in [1.29, 1.82) is 0 Å². The van der Waals surface area contributed by atoms with E-state index in [1.807, 2.05) is 0 Å². The van der Waals surface area contributed by atoms with Crippen LogP contribution in [0.2, 0.25) is 5.02 Å². The predicted octanol–water partition coefficient (Wildman–Crippen LogP) is 1.94. The van der Waals surface area contributed by atoms with Crippen LogP contribution in [-0.2, 0) is 11.2 Å². The van der Waals surface area contributed by atoms with E-state index in [2.05, 4.69) is 0 Å². The first-order valence-corrected chi connectivity index (χ1v) is 4.88. The Morgan fingerprint density at radius 1 is 1.53 bits per heavy atom. The third-order valence-electron chi connectivity index (χ3n) is 1.88. The van der Waals surface area contributed by atoms with Gasteiger partial charge < -0.3 is 10.8 Å². The van der Waals surface area contributed by atoms with E-state index in [-0.39, 0.29) is 6.42 Å². The first-order valence-electron chi connectivity index (χ1n) is 4.50. The topological polar surface area (TPSA) is 63.3 Å². The fraction of sp³-hybridized carbons (Fsp3) is 0.182. The number of carboxylic acids is 1. The highest BCUT2D eigenvalue weighted by atomic mass is 35.5. The smallest absolute Gasteiger partial charge is 0.307 e. The SMILES string of the molecule is NCC=Cc1ccc(Cl)cc1CC(=O)O. The molecule has 0 saturated heterocycles. The average molecular weight is 226 g/mol. The van der Waals surface area contributed by atoms with Crippen LogP contribution in [0.15, 0.2) is 24.3 Å². The summed E-state index contributed by atoms with van der Waals surface area (Å²) in [4.78, 5) is 10.6. The summed E-state index contributed by atoms with van der Waals surface area (Å²) in [6, 6.07) is 5.17.